The van der Waals surface area contributed by atoms with Crippen LogP contribution in [0.5, 0.6) is 0 Å². The molecule has 2 atom stereocenters. The molecule has 0 saturated heterocycles. The molecule has 0 aliphatic rings. The molecule has 2 unspecified atom stereocenters. The molecule has 0 aliphatic carbocycles. The molecule has 0 aromatic carbocycles. The summed E-state index contributed by atoms with van der Waals surface area (Å²) in [6.07, 6.45) is 14.6. The van der Waals surface area contributed by atoms with Gasteiger partial charge >= 0.3 is 0 Å². The fraction of sp³-hybridized carbons (Fsp3) is 0.824. The lowest BCUT2D eigenvalue weighted by Gasteiger charge is -2.11. The highest BCUT2D eigenvalue weighted by atomic mass is 31.0. The number of carboxylic acid groups (broad SMARTS) is 1. The van der Waals surface area contributed by atoms with Gasteiger partial charge in [-0.3, -0.25) is 4.79 Å². The Morgan fingerprint density at radius 1 is 1.05 bits per heavy atom. The van der Waals surface area contributed by atoms with Gasteiger partial charge in [0.15, 0.2) is 0 Å². The monoisotopic (exact) mass is 302 g/mol. The van der Waals surface area contributed by atoms with E-state index >= 15 is 0 Å². The molecule has 2 nitrogen and oxygen atoms in total. The molecule has 0 heterocycles. The normalized spacial score (nSPS) is 11.2. The summed E-state index contributed by atoms with van der Waals surface area (Å²) in [7, 11) is 3.01. The van der Waals surface area contributed by atoms with Gasteiger partial charge in [-0.25, -0.2) is 0 Å². The lowest BCUT2D eigenvalue weighted by Crippen LogP contribution is -1.96. The van der Waals surface area contributed by atoms with Crippen LogP contribution in [0.25, 0.3) is 0 Å². The first-order chi connectivity index (χ1) is 9.47. The molecule has 20 heavy (non-hydrogen) atoms. The van der Waals surface area contributed by atoms with E-state index in [1.54, 1.807) is 5.57 Å². The molecular weight excluding hydrogens is 267 g/mol. The van der Waals surface area contributed by atoms with Crippen LogP contribution < -0.4 is 0 Å². The largest absolute Gasteiger partial charge is 0.481 e. The number of hydrogen-bond donors (Lipinski definition) is 1. The minimum absolute atomic E-state index is 0.712. The molecule has 0 saturated carbocycles. The summed E-state index contributed by atoms with van der Waals surface area (Å²) in [6.45, 7) is 7.93. The highest BCUT2D eigenvalue weighted by Crippen LogP contribution is 2.20. The Morgan fingerprint density at radius 2 is 1.45 bits per heavy atom. The molecule has 0 radical (unpaired) electrons. The van der Waals surface area contributed by atoms with Crippen molar-refractivity contribution in [3.05, 3.63) is 11.6 Å². The summed E-state index contributed by atoms with van der Waals surface area (Å²) < 4.78 is 0. The second-order valence-corrected chi connectivity index (χ2v) is 6.21. The molecule has 0 amide bonds. The van der Waals surface area contributed by atoms with Gasteiger partial charge in [-0.05, 0) is 37.8 Å². The zero-order valence-electron chi connectivity index (χ0n) is 14.0. The molecule has 120 valence electrons. The Hall–Kier alpha value is -0.360. The van der Waals surface area contributed by atoms with Gasteiger partial charge in [-0.2, -0.15) is 0 Å². The SMILES string of the molecule is CC(=O)O.CCCCC(=CC(P)CCCC)CCCC. The molecule has 1 N–H and O–H groups in total. The van der Waals surface area contributed by atoms with E-state index < -0.39 is 5.97 Å². The number of aliphatic carboxylic acids is 1. The maximum atomic E-state index is 9.00. The van der Waals surface area contributed by atoms with Gasteiger partial charge in [-0.15, -0.1) is 9.24 Å². The number of hydrogen-bond acceptors (Lipinski definition) is 1. The first-order valence-corrected chi connectivity index (χ1v) is 8.79. The van der Waals surface area contributed by atoms with Crippen molar-refractivity contribution in [2.24, 2.45) is 0 Å². The van der Waals surface area contributed by atoms with Crippen molar-refractivity contribution >= 4 is 15.2 Å². The number of allylic oxidation sites excluding steroid dienone is 2. The highest BCUT2D eigenvalue weighted by molar-refractivity contribution is 7.17. The smallest absolute Gasteiger partial charge is 0.300 e. The van der Waals surface area contributed by atoms with Crippen molar-refractivity contribution in [1.29, 1.82) is 0 Å². The van der Waals surface area contributed by atoms with Gasteiger partial charge in [0.25, 0.3) is 5.97 Å². The van der Waals surface area contributed by atoms with Gasteiger partial charge in [0, 0.05) is 6.92 Å². The van der Waals surface area contributed by atoms with Crippen LogP contribution in [0.15, 0.2) is 11.6 Å². The average molecular weight is 302 g/mol. The van der Waals surface area contributed by atoms with Gasteiger partial charge in [0.05, 0.1) is 0 Å². The van der Waals surface area contributed by atoms with E-state index in [4.69, 9.17) is 9.90 Å². The fourth-order valence-electron chi connectivity index (χ4n) is 1.93. The molecule has 0 aromatic rings. The summed E-state index contributed by atoms with van der Waals surface area (Å²) >= 11 is 0. The second kappa shape index (κ2) is 16.7. The molecule has 3 heteroatoms. The maximum Gasteiger partial charge on any atom is 0.300 e. The molecular formula is C17H35O2P. The van der Waals surface area contributed by atoms with Crippen molar-refractivity contribution in [3.63, 3.8) is 0 Å². The third-order valence-corrected chi connectivity index (χ3v) is 3.57. The van der Waals surface area contributed by atoms with Crippen LogP contribution in [0.1, 0.15) is 85.5 Å². The highest BCUT2D eigenvalue weighted by Gasteiger charge is 2.02. The Kier molecular flexibility index (Phi) is 18.3. The van der Waals surface area contributed by atoms with Crippen LogP contribution in [-0.4, -0.2) is 16.7 Å². The van der Waals surface area contributed by atoms with Crippen LogP contribution in [0.4, 0.5) is 0 Å². The number of rotatable bonds is 10. The van der Waals surface area contributed by atoms with Crippen LogP contribution in [0, 0.1) is 0 Å². The lowest BCUT2D eigenvalue weighted by atomic mass is 10.0. The first kappa shape index (κ1) is 21.9. The Balaban J connectivity index is 0. The zero-order valence-corrected chi connectivity index (χ0v) is 15.1. The number of carbonyl (C=O) groups is 1. The third kappa shape index (κ3) is 20.0. The van der Waals surface area contributed by atoms with E-state index in [1.165, 1.54) is 57.8 Å². The number of carboxylic acids is 1. The van der Waals surface area contributed by atoms with Crippen LogP contribution >= 0.6 is 9.24 Å². The van der Waals surface area contributed by atoms with Crippen LogP contribution in [0.2, 0.25) is 0 Å². The standard InChI is InChI=1S/C15H31P.C2H4O2/c1-4-7-10-14(11-8-5-2)13-15(16)12-9-6-3;1-2(3)4/h13,15H,4-12,16H2,1-3H3;1H3,(H,3,4). The molecule has 0 rings (SSSR count). The molecule has 0 aliphatic heterocycles. The second-order valence-electron chi connectivity index (χ2n) is 5.36. The maximum absolute atomic E-state index is 9.00. The average Bonchev–Trinajstić information content (AvgIpc) is 2.38. The van der Waals surface area contributed by atoms with Gasteiger partial charge in [-0.1, -0.05) is 58.1 Å². The molecule has 0 bridgehead atoms. The van der Waals surface area contributed by atoms with E-state index in [2.05, 4.69) is 36.1 Å². The molecule has 0 spiro atoms. The first-order valence-electron chi connectivity index (χ1n) is 8.12. The molecule has 0 fully saturated rings. The van der Waals surface area contributed by atoms with E-state index in [0.29, 0.717) is 5.66 Å². The van der Waals surface area contributed by atoms with Crippen LogP contribution in [-0.2, 0) is 4.79 Å². The van der Waals surface area contributed by atoms with E-state index in [0.717, 1.165) is 6.92 Å². The fourth-order valence-corrected chi connectivity index (χ4v) is 2.43. The van der Waals surface area contributed by atoms with E-state index in [9.17, 15) is 0 Å². The number of unbranched alkanes of at least 4 members (excludes halogenated alkanes) is 3. The van der Waals surface area contributed by atoms with Crippen molar-refractivity contribution in [1.82, 2.24) is 0 Å². The van der Waals surface area contributed by atoms with Gasteiger partial charge in [0.1, 0.15) is 0 Å². The minimum atomic E-state index is -0.833. The topological polar surface area (TPSA) is 37.3 Å². The van der Waals surface area contributed by atoms with Gasteiger partial charge in [0.2, 0.25) is 0 Å². The summed E-state index contributed by atoms with van der Waals surface area (Å²) in [5.74, 6) is -0.833. The van der Waals surface area contributed by atoms with Crippen molar-refractivity contribution < 1.29 is 9.90 Å². The summed E-state index contributed by atoms with van der Waals surface area (Å²) in [4.78, 5) is 9.00. The van der Waals surface area contributed by atoms with E-state index in [1.807, 2.05) is 0 Å². The zero-order chi connectivity index (χ0) is 15.8. The Bertz CT molecular complexity index is 235. The summed E-state index contributed by atoms with van der Waals surface area (Å²) in [5, 5.41) is 7.42. The van der Waals surface area contributed by atoms with Crippen LogP contribution in [0.3, 0.4) is 0 Å². The van der Waals surface area contributed by atoms with Crippen molar-refractivity contribution in [2.45, 2.75) is 91.1 Å². The quantitative estimate of drug-likeness (QED) is 0.408. The Morgan fingerprint density at radius 3 is 1.80 bits per heavy atom. The Labute approximate surface area is 128 Å². The predicted octanol–water partition coefficient (Wildman–Crippen LogP) is 5.82. The lowest BCUT2D eigenvalue weighted by molar-refractivity contribution is -0.134. The van der Waals surface area contributed by atoms with Crippen molar-refractivity contribution in [3.8, 4) is 0 Å². The third-order valence-electron chi connectivity index (χ3n) is 3.04. The van der Waals surface area contributed by atoms with Crippen molar-refractivity contribution in [2.75, 3.05) is 0 Å². The minimum Gasteiger partial charge on any atom is -0.481 e. The summed E-state index contributed by atoms with van der Waals surface area (Å²) in [5.41, 5.74) is 2.42. The molecule has 0 aromatic heterocycles. The van der Waals surface area contributed by atoms with E-state index in [-0.39, 0.29) is 0 Å². The summed E-state index contributed by atoms with van der Waals surface area (Å²) in [6, 6.07) is 0. The predicted molar refractivity (Wildman–Crippen MR) is 93.5 cm³/mol. The van der Waals surface area contributed by atoms with Gasteiger partial charge < -0.3 is 5.11 Å².